The Hall–Kier alpha value is -1.32. The molecule has 0 aromatic heterocycles. The van der Waals surface area contributed by atoms with E-state index in [1.165, 1.54) is 27.0 Å². The van der Waals surface area contributed by atoms with Crippen molar-refractivity contribution in [1.29, 1.82) is 0 Å². The zero-order valence-corrected chi connectivity index (χ0v) is 12.6. The van der Waals surface area contributed by atoms with Gasteiger partial charge in [0.05, 0.1) is 0 Å². The maximum absolute atomic E-state index is 3.67. The fourth-order valence-electron chi connectivity index (χ4n) is 2.64. The van der Waals surface area contributed by atoms with Crippen LogP contribution in [0.3, 0.4) is 0 Å². The van der Waals surface area contributed by atoms with Crippen LogP contribution in [-0.2, 0) is 13.0 Å². The molecule has 0 fully saturated rings. The first-order valence-electron chi connectivity index (χ1n) is 6.58. The highest BCUT2D eigenvalue weighted by Gasteiger charge is 2.20. The van der Waals surface area contributed by atoms with Crippen molar-refractivity contribution >= 4 is 27.3 Å². The molecule has 2 nitrogen and oxygen atoms in total. The van der Waals surface area contributed by atoms with E-state index in [9.17, 15) is 0 Å². The van der Waals surface area contributed by atoms with Crippen LogP contribution in [-0.4, -0.2) is 13.6 Å². The maximum Gasteiger partial charge on any atom is 0.0444 e. The van der Waals surface area contributed by atoms with E-state index in [0.29, 0.717) is 0 Å². The summed E-state index contributed by atoms with van der Waals surface area (Å²) in [5.74, 6) is 0. The molecule has 0 atom stereocenters. The van der Waals surface area contributed by atoms with Gasteiger partial charge in [-0.25, -0.2) is 0 Å². The normalized spacial score (nSPS) is 13.7. The zero-order valence-electron chi connectivity index (χ0n) is 11.0. The molecule has 0 bridgehead atoms. The number of benzene rings is 2. The van der Waals surface area contributed by atoms with Crippen molar-refractivity contribution in [3.05, 3.63) is 58.1 Å². The Morgan fingerprint density at radius 1 is 1.21 bits per heavy atom. The van der Waals surface area contributed by atoms with Crippen molar-refractivity contribution in [2.75, 3.05) is 18.5 Å². The largest absolute Gasteiger partial charge is 0.341 e. The summed E-state index contributed by atoms with van der Waals surface area (Å²) in [6.07, 6.45) is 1.13. The van der Waals surface area contributed by atoms with Crippen molar-refractivity contribution in [2.45, 2.75) is 13.0 Å². The van der Waals surface area contributed by atoms with Gasteiger partial charge in [0.2, 0.25) is 0 Å². The lowest BCUT2D eigenvalue weighted by Crippen LogP contribution is -2.13. The number of fused-ring (bicyclic) bond motifs is 1. The third-order valence-corrected chi connectivity index (χ3v) is 4.34. The highest BCUT2D eigenvalue weighted by atomic mass is 79.9. The third kappa shape index (κ3) is 2.40. The summed E-state index contributed by atoms with van der Waals surface area (Å²) < 4.78 is 1.17. The van der Waals surface area contributed by atoms with E-state index in [1.54, 1.807) is 0 Å². The van der Waals surface area contributed by atoms with E-state index in [4.69, 9.17) is 0 Å². The van der Waals surface area contributed by atoms with Crippen molar-refractivity contribution in [2.24, 2.45) is 0 Å². The van der Waals surface area contributed by atoms with Gasteiger partial charge in [0.15, 0.2) is 0 Å². The van der Waals surface area contributed by atoms with Crippen LogP contribution < -0.4 is 10.2 Å². The van der Waals surface area contributed by atoms with Crippen molar-refractivity contribution < 1.29 is 0 Å². The van der Waals surface area contributed by atoms with E-state index in [2.05, 4.69) is 68.6 Å². The zero-order chi connectivity index (χ0) is 13.2. The highest BCUT2D eigenvalue weighted by Crippen LogP contribution is 2.35. The molecule has 0 spiro atoms. The molecule has 1 aliphatic heterocycles. The van der Waals surface area contributed by atoms with Crippen LogP contribution in [0.2, 0.25) is 0 Å². The Bertz CT molecular complexity index is 595. The van der Waals surface area contributed by atoms with E-state index in [1.807, 2.05) is 7.05 Å². The molecule has 2 aromatic rings. The molecule has 19 heavy (non-hydrogen) atoms. The number of nitrogens with zero attached hydrogens (tertiary/aromatic N) is 1. The molecule has 0 aliphatic carbocycles. The summed E-state index contributed by atoms with van der Waals surface area (Å²) in [5, 5.41) is 3.19. The van der Waals surface area contributed by atoms with Gasteiger partial charge in [0, 0.05) is 28.9 Å². The Balaban J connectivity index is 1.94. The molecule has 0 saturated heterocycles. The lowest BCUT2D eigenvalue weighted by molar-refractivity contribution is 0.814. The molecule has 0 amide bonds. The molecule has 1 heterocycles. The van der Waals surface area contributed by atoms with Crippen LogP contribution in [0.1, 0.15) is 11.1 Å². The number of hydrogen-bond donors (Lipinski definition) is 1. The van der Waals surface area contributed by atoms with Gasteiger partial charge < -0.3 is 10.2 Å². The molecule has 3 rings (SSSR count). The number of nitrogens with one attached hydrogen (secondary N) is 1. The van der Waals surface area contributed by atoms with Gasteiger partial charge in [-0.3, -0.25) is 0 Å². The second-order valence-corrected chi connectivity index (χ2v) is 5.69. The van der Waals surface area contributed by atoms with Gasteiger partial charge in [-0.15, -0.1) is 0 Å². The summed E-state index contributed by atoms with van der Waals surface area (Å²) in [4.78, 5) is 2.39. The van der Waals surface area contributed by atoms with E-state index in [-0.39, 0.29) is 0 Å². The topological polar surface area (TPSA) is 15.3 Å². The molecule has 0 radical (unpaired) electrons. The van der Waals surface area contributed by atoms with E-state index in [0.717, 1.165) is 19.5 Å². The summed E-state index contributed by atoms with van der Waals surface area (Å²) in [5.41, 5.74) is 5.34. The Kier molecular flexibility index (Phi) is 3.58. The number of para-hydroxylation sites is 1. The Labute approximate surface area is 122 Å². The molecule has 98 valence electrons. The summed E-state index contributed by atoms with van der Waals surface area (Å²) in [7, 11) is 1.97. The molecule has 3 heteroatoms. The average molecular weight is 317 g/mol. The summed E-state index contributed by atoms with van der Waals surface area (Å²) in [6.45, 7) is 1.95. The van der Waals surface area contributed by atoms with Gasteiger partial charge in [0.25, 0.3) is 0 Å². The monoisotopic (exact) mass is 316 g/mol. The minimum Gasteiger partial charge on any atom is -0.341 e. The summed E-state index contributed by atoms with van der Waals surface area (Å²) >= 11 is 3.67. The molecule has 1 aliphatic rings. The minimum atomic E-state index is 0.886. The number of anilines is 2. The van der Waals surface area contributed by atoms with Crippen LogP contribution in [0.25, 0.3) is 0 Å². The van der Waals surface area contributed by atoms with Gasteiger partial charge in [0.1, 0.15) is 0 Å². The summed E-state index contributed by atoms with van der Waals surface area (Å²) in [6, 6.07) is 15.3. The van der Waals surface area contributed by atoms with Gasteiger partial charge >= 0.3 is 0 Å². The number of hydrogen-bond acceptors (Lipinski definition) is 2. The molecule has 2 aromatic carbocycles. The molecule has 0 unspecified atom stereocenters. The van der Waals surface area contributed by atoms with Crippen LogP contribution in [0.4, 0.5) is 11.4 Å². The fourth-order valence-corrected chi connectivity index (χ4v) is 3.15. The second-order valence-electron chi connectivity index (χ2n) is 4.84. The average Bonchev–Trinajstić information content (AvgIpc) is 2.85. The second kappa shape index (κ2) is 5.35. The first-order chi connectivity index (χ1) is 9.29. The van der Waals surface area contributed by atoms with Gasteiger partial charge in [-0.2, -0.15) is 0 Å². The number of halogens is 1. The van der Waals surface area contributed by atoms with Crippen molar-refractivity contribution in [3.8, 4) is 0 Å². The predicted octanol–water partition coefficient (Wildman–Crippen LogP) is 3.86. The first-order valence-corrected chi connectivity index (χ1v) is 7.37. The standard InChI is InChI=1S/C16H17BrN2/c1-18-11-13-6-7-14(10-15(13)17)19-9-8-12-4-2-3-5-16(12)19/h2-7,10,18H,8-9,11H2,1H3. The highest BCUT2D eigenvalue weighted by molar-refractivity contribution is 9.10. The Morgan fingerprint density at radius 3 is 2.84 bits per heavy atom. The SMILES string of the molecule is CNCc1ccc(N2CCc3ccccc32)cc1Br. The van der Waals surface area contributed by atoms with Gasteiger partial charge in [-0.05, 0) is 42.8 Å². The molecule has 1 N–H and O–H groups in total. The first kappa shape index (κ1) is 12.7. The third-order valence-electron chi connectivity index (χ3n) is 3.60. The van der Waals surface area contributed by atoms with Crippen LogP contribution in [0, 0.1) is 0 Å². The minimum absolute atomic E-state index is 0.886. The van der Waals surface area contributed by atoms with Crippen LogP contribution >= 0.6 is 15.9 Å². The van der Waals surface area contributed by atoms with E-state index < -0.39 is 0 Å². The number of rotatable bonds is 3. The molecular weight excluding hydrogens is 300 g/mol. The quantitative estimate of drug-likeness (QED) is 0.925. The van der Waals surface area contributed by atoms with Crippen molar-refractivity contribution in [3.63, 3.8) is 0 Å². The molecule has 0 saturated carbocycles. The van der Waals surface area contributed by atoms with Gasteiger partial charge in [-0.1, -0.05) is 40.2 Å². The Morgan fingerprint density at radius 2 is 2.05 bits per heavy atom. The van der Waals surface area contributed by atoms with Crippen LogP contribution in [0.5, 0.6) is 0 Å². The lowest BCUT2D eigenvalue weighted by atomic mass is 10.1. The predicted molar refractivity (Wildman–Crippen MR) is 84.1 cm³/mol. The van der Waals surface area contributed by atoms with Crippen LogP contribution in [0.15, 0.2) is 46.9 Å². The molecular formula is C16H17BrN2. The lowest BCUT2D eigenvalue weighted by Gasteiger charge is -2.20. The smallest absolute Gasteiger partial charge is 0.0444 e. The van der Waals surface area contributed by atoms with Crippen molar-refractivity contribution in [1.82, 2.24) is 5.32 Å². The maximum atomic E-state index is 3.67. The fraction of sp³-hybridized carbons (Fsp3) is 0.250. The van der Waals surface area contributed by atoms with E-state index >= 15 is 0 Å².